The average molecular weight is 239 g/mol. The van der Waals surface area contributed by atoms with Crippen LogP contribution < -0.4 is 5.32 Å². The van der Waals surface area contributed by atoms with Gasteiger partial charge in [-0.15, -0.1) is 0 Å². The zero-order chi connectivity index (χ0) is 12.2. The van der Waals surface area contributed by atoms with E-state index in [1.807, 2.05) is 13.8 Å². The summed E-state index contributed by atoms with van der Waals surface area (Å²) >= 11 is 5.90. The van der Waals surface area contributed by atoms with Crippen LogP contribution in [-0.4, -0.2) is 18.3 Å². The lowest BCUT2D eigenvalue weighted by Gasteiger charge is -2.23. The zero-order valence-electron chi connectivity index (χ0n) is 9.42. The fraction of sp³-hybridized carbons (Fsp3) is 0.417. The Morgan fingerprint density at radius 2 is 2.19 bits per heavy atom. The maximum Gasteiger partial charge on any atom is 0.103 e. The van der Waals surface area contributed by atoms with Crippen molar-refractivity contribution in [1.29, 1.82) is 5.26 Å². The molecular weight excluding hydrogens is 224 g/mol. The number of aliphatic hydroxyl groups is 1. The van der Waals surface area contributed by atoms with E-state index in [9.17, 15) is 0 Å². The molecule has 0 aliphatic rings. The summed E-state index contributed by atoms with van der Waals surface area (Å²) in [6.45, 7) is 4.55. The van der Waals surface area contributed by atoms with Gasteiger partial charge in [-0.2, -0.15) is 5.26 Å². The summed E-state index contributed by atoms with van der Waals surface area (Å²) in [5.41, 5.74) is 0.920. The highest BCUT2D eigenvalue weighted by Crippen LogP contribution is 2.24. The number of hydrogen-bond acceptors (Lipinski definition) is 3. The van der Waals surface area contributed by atoms with E-state index in [1.165, 1.54) is 0 Å². The number of nitrogens with zero attached hydrogens (tertiary/aromatic N) is 1. The van der Waals surface area contributed by atoms with Crippen molar-refractivity contribution in [3.05, 3.63) is 28.8 Å². The molecule has 0 amide bonds. The summed E-state index contributed by atoms with van der Waals surface area (Å²) < 4.78 is 0. The lowest BCUT2D eigenvalue weighted by molar-refractivity contribution is 0.171. The van der Waals surface area contributed by atoms with Gasteiger partial charge in [-0.1, -0.05) is 31.5 Å². The second-order valence-corrected chi connectivity index (χ2v) is 4.86. The molecule has 4 heteroatoms. The molecule has 0 aromatic heterocycles. The predicted molar refractivity (Wildman–Crippen MR) is 65.5 cm³/mol. The lowest BCUT2D eigenvalue weighted by Crippen LogP contribution is -2.27. The van der Waals surface area contributed by atoms with E-state index < -0.39 is 0 Å². The Kier molecular flexibility index (Phi) is 4.17. The highest BCUT2D eigenvalue weighted by atomic mass is 35.5. The Labute approximate surface area is 101 Å². The number of halogens is 1. The van der Waals surface area contributed by atoms with Gasteiger partial charge in [0.2, 0.25) is 0 Å². The molecule has 0 heterocycles. The molecule has 16 heavy (non-hydrogen) atoms. The first-order valence-electron chi connectivity index (χ1n) is 5.03. The molecule has 0 saturated carbocycles. The predicted octanol–water partition coefficient (Wildman–Crippen LogP) is 2.64. The van der Waals surface area contributed by atoms with Crippen molar-refractivity contribution in [1.82, 2.24) is 0 Å². The molecule has 0 unspecified atom stereocenters. The minimum absolute atomic E-state index is 0.0858. The molecule has 0 aliphatic carbocycles. The maximum atomic E-state index is 9.12. The topological polar surface area (TPSA) is 56.0 Å². The average Bonchev–Trinajstić information content (AvgIpc) is 2.26. The van der Waals surface area contributed by atoms with Crippen molar-refractivity contribution in [3.63, 3.8) is 0 Å². The van der Waals surface area contributed by atoms with E-state index in [1.54, 1.807) is 18.2 Å². The number of nitriles is 1. The van der Waals surface area contributed by atoms with Crippen LogP contribution in [0.25, 0.3) is 0 Å². The molecule has 86 valence electrons. The number of anilines is 1. The molecule has 0 spiro atoms. The second-order valence-electron chi connectivity index (χ2n) is 4.45. The zero-order valence-corrected chi connectivity index (χ0v) is 10.2. The van der Waals surface area contributed by atoms with Gasteiger partial charge in [-0.05, 0) is 12.1 Å². The van der Waals surface area contributed by atoms with Crippen LogP contribution in [0.3, 0.4) is 0 Å². The van der Waals surface area contributed by atoms with Gasteiger partial charge in [0.25, 0.3) is 0 Å². The Bertz CT molecular complexity index is 410. The van der Waals surface area contributed by atoms with Crippen LogP contribution in [-0.2, 0) is 0 Å². The van der Waals surface area contributed by atoms with Crippen molar-refractivity contribution in [2.24, 2.45) is 5.41 Å². The van der Waals surface area contributed by atoms with Crippen molar-refractivity contribution in [2.45, 2.75) is 13.8 Å². The highest BCUT2D eigenvalue weighted by molar-refractivity contribution is 6.32. The first kappa shape index (κ1) is 12.8. The van der Waals surface area contributed by atoms with Gasteiger partial charge in [-0.3, -0.25) is 0 Å². The van der Waals surface area contributed by atoms with Gasteiger partial charge in [0.15, 0.2) is 0 Å². The lowest BCUT2D eigenvalue weighted by atomic mass is 9.95. The molecule has 1 aromatic rings. The molecule has 0 radical (unpaired) electrons. The fourth-order valence-corrected chi connectivity index (χ4v) is 1.39. The Morgan fingerprint density at radius 1 is 1.50 bits per heavy atom. The Balaban J connectivity index is 2.83. The van der Waals surface area contributed by atoms with Crippen LogP contribution in [0.15, 0.2) is 18.2 Å². The summed E-state index contributed by atoms with van der Waals surface area (Å²) in [5.74, 6) is 0. The van der Waals surface area contributed by atoms with E-state index in [4.69, 9.17) is 22.0 Å². The molecular formula is C12H15ClN2O. The van der Waals surface area contributed by atoms with Crippen LogP contribution in [0.1, 0.15) is 19.4 Å². The van der Waals surface area contributed by atoms with Crippen molar-refractivity contribution in [2.75, 3.05) is 18.5 Å². The van der Waals surface area contributed by atoms with E-state index in [0.29, 0.717) is 22.8 Å². The summed E-state index contributed by atoms with van der Waals surface area (Å²) in [6, 6.07) is 7.34. The van der Waals surface area contributed by atoms with Gasteiger partial charge in [0.05, 0.1) is 16.3 Å². The van der Waals surface area contributed by atoms with Gasteiger partial charge >= 0.3 is 0 Å². The molecule has 3 nitrogen and oxygen atoms in total. The van der Waals surface area contributed by atoms with Gasteiger partial charge < -0.3 is 10.4 Å². The molecule has 1 rings (SSSR count). The van der Waals surface area contributed by atoms with Gasteiger partial charge in [0, 0.05) is 18.6 Å². The third kappa shape index (κ3) is 3.13. The summed E-state index contributed by atoms with van der Waals surface area (Å²) in [6.07, 6.45) is 0. The van der Waals surface area contributed by atoms with Crippen LogP contribution in [0, 0.1) is 16.7 Å². The summed E-state index contributed by atoms with van der Waals surface area (Å²) in [4.78, 5) is 0. The van der Waals surface area contributed by atoms with E-state index in [2.05, 4.69) is 11.4 Å². The van der Waals surface area contributed by atoms with Crippen molar-refractivity contribution in [3.8, 4) is 6.07 Å². The summed E-state index contributed by atoms with van der Waals surface area (Å²) in [7, 11) is 0. The fourth-order valence-electron chi connectivity index (χ4n) is 1.18. The van der Waals surface area contributed by atoms with Crippen molar-refractivity contribution < 1.29 is 5.11 Å². The smallest absolute Gasteiger partial charge is 0.103 e. The SMILES string of the molecule is CC(C)(CO)CNc1cccc(Cl)c1C#N. The molecule has 0 saturated heterocycles. The Hall–Kier alpha value is -1.24. The molecule has 2 N–H and O–H groups in total. The van der Waals surface area contributed by atoms with Gasteiger partial charge in [0.1, 0.15) is 6.07 Å². The maximum absolute atomic E-state index is 9.12. The largest absolute Gasteiger partial charge is 0.396 e. The third-order valence-corrected chi connectivity index (χ3v) is 2.63. The third-order valence-electron chi connectivity index (χ3n) is 2.31. The Morgan fingerprint density at radius 3 is 2.75 bits per heavy atom. The van der Waals surface area contributed by atoms with Crippen LogP contribution in [0.2, 0.25) is 5.02 Å². The standard InChI is InChI=1S/C12H15ClN2O/c1-12(2,8-16)7-15-11-5-3-4-10(13)9(11)6-14/h3-5,15-16H,7-8H2,1-2H3. The normalized spacial score (nSPS) is 10.9. The first-order chi connectivity index (χ1) is 7.50. The number of aliphatic hydroxyl groups excluding tert-OH is 1. The quantitative estimate of drug-likeness (QED) is 0.848. The molecule has 0 atom stereocenters. The first-order valence-corrected chi connectivity index (χ1v) is 5.41. The number of benzene rings is 1. The second kappa shape index (κ2) is 5.20. The highest BCUT2D eigenvalue weighted by Gasteiger charge is 2.17. The van der Waals surface area contributed by atoms with Crippen LogP contribution in [0.5, 0.6) is 0 Å². The minimum atomic E-state index is -0.227. The number of rotatable bonds is 4. The summed E-state index contributed by atoms with van der Waals surface area (Å²) in [5, 5.41) is 21.7. The van der Waals surface area contributed by atoms with Gasteiger partial charge in [-0.25, -0.2) is 0 Å². The van der Waals surface area contributed by atoms with Crippen LogP contribution >= 0.6 is 11.6 Å². The minimum Gasteiger partial charge on any atom is -0.396 e. The number of nitrogens with one attached hydrogen (secondary N) is 1. The van der Waals surface area contributed by atoms with E-state index in [0.717, 1.165) is 0 Å². The number of hydrogen-bond donors (Lipinski definition) is 2. The van der Waals surface area contributed by atoms with Crippen molar-refractivity contribution >= 4 is 17.3 Å². The molecule has 0 aliphatic heterocycles. The monoisotopic (exact) mass is 238 g/mol. The molecule has 1 aromatic carbocycles. The van der Waals surface area contributed by atoms with E-state index in [-0.39, 0.29) is 12.0 Å². The van der Waals surface area contributed by atoms with Crippen LogP contribution in [0.4, 0.5) is 5.69 Å². The molecule has 0 bridgehead atoms. The van der Waals surface area contributed by atoms with E-state index >= 15 is 0 Å². The molecule has 0 fully saturated rings.